The Balaban J connectivity index is 1.79. The minimum absolute atomic E-state index is 0.0501. The van der Waals surface area contributed by atoms with Gasteiger partial charge in [-0.15, -0.1) is 0 Å². The zero-order valence-electron chi connectivity index (χ0n) is 25.0. The molecule has 236 valence electrons. The number of carbonyl (C=O) groups is 2. The van der Waals surface area contributed by atoms with Crippen molar-refractivity contribution in [1.29, 1.82) is 0 Å². The van der Waals surface area contributed by atoms with Gasteiger partial charge in [0.05, 0.1) is 17.2 Å². The van der Waals surface area contributed by atoms with Crippen LogP contribution in [0.2, 0.25) is 0 Å². The van der Waals surface area contributed by atoms with Crippen molar-refractivity contribution in [2.24, 2.45) is 0 Å². The quantitative estimate of drug-likeness (QED) is 0.176. The van der Waals surface area contributed by atoms with Gasteiger partial charge in [0.15, 0.2) is 0 Å². The Labute approximate surface area is 272 Å². The maximum atomic E-state index is 14.4. The van der Waals surface area contributed by atoms with Crippen LogP contribution in [0.1, 0.15) is 25.0 Å². The summed E-state index contributed by atoms with van der Waals surface area (Å²) < 4.78 is 49.1. The zero-order valence-corrected chi connectivity index (χ0v) is 27.4. The van der Waals surface area contributed by atoms with Gasteiger partial charge in [0.2, 0.25) is 11.8 Å². The second kappa shape index (κ2) is 15.7. The third-order valence-electron chi connectivity index (χ3n) is 7.00. The number of benzene rings is 4. The van der Waals surface area contributed by atoms with Crippen LogP contribution in [0.5, 0.6) is 5.75 Å². The molecule has 2 amide bonds. The number of ether oxygens (including phenoxy) is 1. The van der Waals surface area contributed by atoms with Crippen LogP contribution in [0.15, 0.2) is 112 Å². The van der Waals surface area contributed by atoms with Gasteiger partial charge in [0, 0.05) is 24.0 Å². The molecule has 8 nitrogen and oxygen atoms in total. The lowest BCUT2D eigenvalue weighted by atomic mass is 10.0. The van der Waals surface area contributed by atoms with Crippen LogP contribution in [0, 0.1) is 5.82 Å². The van der Waals surface area contributed by atoms with Crippen molar-refractivity contribution in [2.45, 2.75) is 37.8 Å². The van der Waals surface area contributed by atoms with Crippen molar-refractivity contribution in [3.8, 4) is 5.75 Å². The van der Waals surface area contributed by atoms with E-state index in [0.717, 1.165) is 44.2 Å². The van der Waals surface area contributed by atoms with Crippen LogP contribution in [-0.4, -0.2) is 50.9 Å². The minimum atomic E-state index is -4.35. The number of hydrogen-bond acceptors (Lipinski definition) is 5. The van der Waals surface area contributed by atoms with E-state index in [4.69, 9.17) is 4.74 Å². The highest BCUT2D eigenvalue weighted by molar-refractivity contribution is 9.10. The van der Waals surface area contributed by atoms with Gasteiger partial charge in [-0.3, -0.25) is 13.9 Å². The fourth-order valence-corrected chi connectivity index (χ4v) is 6.45. The molecule has 4 aromatic carbocycles. The number of rotatable bonds is 14. The highest BCUT2D eigenvalue weighted by Gasteiger charge is 2.34. The van der Waals surface area contributed by atoms with Crippen LogP contribution < -0.4 is 14.4 Å². The van der Waals surface area contributed by atoms with Crippen molar-refractivity contribution < 1.29 is 27.1 Å². The molecule has 0 aromatic heterocycles. The van der Waals surface area contributed by atoms with Gasteiger partial charge in [-0.2, -0.15) is 0 Å². The number of nitrogens with zero attached hydrogens (tertiary/aromatic N) is 2. The number of carbonyl (C=O) groups excluding carboxylic acids is 2. The molecule has 0 unspecified atom stereocenters. The number of hydrogen-bond donors (Lipinski definition) is 1. The fraction of sp³-hybridized carbons (Fsp3) is 0.235. The van der Waals surface area contributed by atoms with Gasteiger partial charge in [0.1, 0.15) is 24.2 Å². The van der Waals surface area contributed by atoms with Gasteiger partial charge in [0.25, 0.3) is 10.0 Å². The summed E-state index contributed by atoms with van der Waals surface area (Å²) in [5.74, 6) is -1.02. The molecule has 0 fully saturated rings. The first-order valence-corrected chi connectivity index (χ1v) is 16.7. The predicted molar refractivity (Wildman–Crippen MR) is 176 cm³/mol. The molecular formula is C34H35BrFN3O5S. The van der Waals surface area contributed by atoms with Crippen molar-refractivity contribution in [1.82, 2.24) is 10.2 Å². The van der Waals surface area contributed by atoms with E-state index in [2.05, 4.69) is 21.2 Å². The molecule has 0 bridgehead atoms. The minimum Gasteiger partial charge on any atom is -0.494 e. The summed E-state index contributed by atoms with van der Waals surface area (Å²) >= 11 is 3.43. The molecule has 0 aliphatic carbocycles. The average Bonchev–Trinajstić information content (AvgIpc) is 3.03. The third-order valence-corrected chi connectivity index (χ3v) is 9.32. The lowest BCUT2D eigenvalue weighted by Gasteiger charge is -2.34. The summed E-state index contributed by atoms with van der Waals surface area (Å²) in [6.45, 7) is 3.83. The molecule has 0 spiro atoms. The van der Waals surface area contributed by atoms with E-state index in [9.17, 15) is 22.4 Å². The Kier molecular flexibility index (Phi) is 11.7. The van der Waals surface area contributed by atoms with Gasteiger partial charge < -0.3 is 15.0 Å². The first kappa shape index (κ1) is 33.7. The first-order valence-electron chi connectivity index (χ1n) is 14.5. The molecule has 0 saturated heterocycles. The summed E-state index contributed by atoms with van der Waals surface area (Å²) in [5, 5.41) is 2.84. The van der Waals surface area contributed by atoms with Gasteiger partial charge >= 0.3 is 0 Å². The number of amides is 2. The van der Waals surface area contributed by atoms with Crippen molar-refractivity contribution in [3.63, 3.8) is 0 Å². The van der Waals surface area contributed by atoms with Gasteiger partial charge in [-0.1, -0.05) is 58.4 Å². The molecule has 0 saturated carbocycles. The summed E-state index contributed by atoms with van der Waals surface area (Å²) in [5.41, 5.74) is 1.80. The maximum absolute atomic E-state index is 14.4. The molecule has 0 heterocycles. The molecule has 0 aliphatic rings. The normalized spacial score (nSPS) is 11.8. The summed E-state index contributed by atoms with van der Waals surface area (Å²) in [7, 11) is -4.35. The van der Waals surface area contributed by atoms with Crippen molar-refractivity contribution >= 4 is 43.5 Å². The van der Waals surface area contributed by atoms with Crippen molar-refractivity contribution in [3.05, 3.63) is 125 Å². The number of sulfonamides is 1. The van der Waals surface area contributed by atoms with E-state index in [0.29, 0.717) is 18.9 Å². The monoisotopic (exact) mass is 695 g/mol. The van der Waals surface area contributed by atoms with Crippen LogP contribution in [0.25, 0.3) is 0 Å². The number of halogens is 2. The molecule has 4 aromatic rings. The Morgan fingerprint density at radius 1 is 0.867 bits per heavy atom. The fourth-order valence-electron chi connectivity index (χ4n) is 4.77. The number of anilines is 1. The van der Waals surface area contributed by atoms with Crippen LogP contribution in [0.3, 0.4) is 0 Å². The molecule has 0 aliphatic heterocycles. The Hall–Kier alpha value is -4.22. The SMILES string of the molecule is CCNC(=O)[C@@H](Cc1ccccc1)N(Cc1ccc(Br)cc1)C(=O)CN(c1ccc(OCC)cc1)S(=O)(=O)c1ccc(F)cc1. The first-order chi connectivity index (χ1) is 21.6. The Morgan fingerprint density at radius 3 is 2.11 bits per heavy atom. The lowest BCUT2D eigenvalue weighted by Crippen LogP contribution is -2.53. The predicted octanol–water partition coefficient (Wildman–Crippen LogP) is 5.96. The van der Waals surface area contributed by atoms with E-state index >= 15 is 0 Å². The third kappa shape index (κ3) is 8.92. The zero-order chi connectivity index (χ0) is 32.4. The molecule has 1 N–H and O–H groups in total. The van der Waals surface area contributed by atoms with E-state index in [1.165, 1.54) is 4.90 Å². The Bertz CT molecular complexity index is 1670. The van der Waals surface area contributed by atoms with Crippen molar-refractivity contribution in [2.75, 3.05) is 24.0 Å². The second-order valence-electron chi connectivity index (χ2n) is 10.1. The summed E-state index contributed by atoms with van der Waals surface area (Å²) in [4.78, 5) is 29.2. The Morgan fingerprint density at radius 2 is 1.51 bits per heavy atom. The number of likely N-dealkylation sites (N-methyl/N-ethyl adjacent to an activating group) is 1. The smallest absolute Gasteiger partial charge is 0.264 e. The van der Waals surface area contributed by atoms with Crippen LogP contribution in [-0.2, 0) is 32.6 Å². The molecule has 1 atom stereocenters. The number of nitrogens with one attached hydrogen (secondary N) is 1. The standard InChI is InChI=1S/C34H35BrFN3O5S/c1-3-37-34(41)32(22-25-8-6-5-7-9-25)38(23-26-10-12-27(35)13-11-26)33(40)24-39(29-16-18-30(19-17-29)44-4-2)45(42,43)31-20-14-28(36)15-21-31/h5-21,32H,3-4,22-24H2,1-2H3,(H,37,41)/t32-/m1/s1. The van der Waals surface area contributed by atoms with E-state index in [1.54, 1.807) is 31.2 Å². The largest absolute Gasteiger partial charge is 0.494 e. The highest BCUT2D eigenvalue weighted by atomic mass is 79.9. The second-order valence-corrected chi connectivity index (χ2v) is 12.9. The van der Waals surface area contributed by atoms with E-state index in [1.807, 2.05) is 61.5 Å². The lowest BCUT2D eigenvalue weighted by molar-refractivity contribution is -0.140. The summed E-state index contributed by atoms with van der Waals surface area (Å²) in [6, 6.07) is 26.5. The topological polar surface area (TPSA) is 96.0 Å². The van der Waals surface area contributed by atoms with Gasteiger partial charge in [-0.25, -0.2) is 12.8 Å². The summed E-state index contributed by atoms with van der Waals surface area (Å²) in [6.07, 6.45) is 0.211. The van der Waals surface area contributed by atoms with Crippen LogP contribution in [0.4, 0.5) is 10.1 Å². The van der Waals surface area contributed by atoms with E-state index < -0.39 is 34.3 Å². The molecule has 4 rings (SSSR count). The highest BCUT2D eigenvalue weighted by Crippen LogP contribution is 2.27. The molecule has 0 radical (unpaired) electrons. The molecule has 11 heteroatoms. The van der Waals surface area contributed by atoms with E-state index in [-0.39, 0.29) is 29.5 Å². The molecular weight excluding hydrogens is 661 g/mol. The van der Waals surface area contributed by atoms with Crippen LogP contribution >= 0.6 is 15.9 Å². The molecule has 45 heavy (non-hydrogen) atoms. The van der Waals surface area contributed by atoms with Gasteiger partial charge in [-0.05, 0) is 85.6 Å². The maximum Gasteiger partial charge on any atom is 0.264 e. The average molecular weight is 697 g/mol.